The molecule has 0 radical (unpaired) electrons. The minimum absolute atomic E-state index is 0.0133. The summed E-state index contributed by atoms with van der Waals surface area (Å²) in [6.45, 7) is 0. The third-order valence-corrected chi connectivity index (χ3v) is 6.42. The molecule has 178 valence electrons. The SMILES string of the molecule is COc1ccc(-c2cc(=O)c3c(O)cc4c(c3o2)[C@@H](c2ccc3ncccc3c2)CC(=O)O4)cc1O. The molecule has 6 rings (SSSR count). The highest BCUT2D eigenvalue weighted by atomic mass is 16.5. The number of phenolic OH excluding ortho intramolecular Hbond substituents is 2. The fourth-order valence-electron chi connectivity index (χ4n) is 4.74. The molecule has 8 nitrogen and oxygen atoms in total. The fourth-order valence-corrected chi connectivity index (χ4v) is 4.74. The van der Waals surface area contributed by atoms with Crippen LogP contribution in [0.2, 0.25) is 0 Å². The number of nitrogens with zero attached hydrogens (tertiary/aromatic N) is 1. The van der Waals surface area contributed by atoms with Gasteiger partial charge in [-0.25, -0.2) is 0 Å². The number of carbonyl (C=O) groups is 1. The Morgan fingerprint density at radius 3 is 2.67 bits per heavy atom. The highest BCUT2D eigenvalue weighted by Crippen LogP contribution is 2.46. The predicted octanol–water partition coefficient (Wildman–Crippen LogP) is 4.87. The predicted molar refractivity (Wildman–Crippen MR) is 132 cm³/mol. The summed E-state index contributed by atoms with van der Waals surface area (Å²) in [5, 5.41) is 21.8. The number of hydrogen-bond acceptors (Lipinski definition) is 8. The number of rotatable bonds is 3. The first-order valence-electron chi connectivity index (χ1n) is 11.2. The largest absolute Gasteiger partial charge is 0.507 e. The number of ether oxygens (including phenoxy) is 2. The van der Waals surface area contributed by atoms with Crippen LogP contribution < -0.4 is 14.9 Å². The second kappa shape index (κ2) is 8.13. The highest BCUT2D eigenvalue weighted by Gasteiger charge is 2.33. The topological polar surface area (TPSA) is 119 Å². The van der Waals surface area contributed by atoms with E-state index in [1.807, 2.05) is 30.3 Å². The zero-order valence-corrected chi connectivity index (χ0v) is 19.0. The van der Waals surface area contributed by atoms with Crippen LogP contribution >= 0.6 is 0 Å². The van der Waals surface area contributed by atoms with Gasteiger partial charge in [-0.3, -0.25) is 14.6 Å². The van der Waals surface area contributed by atoms with Crippen molar-refractivity contribution >= 4 is 27.8 Å². The fraction of sp³-hybridized carbons (Fsp3) is 0.107. The average Bonchev–Trinajstić information content (AvgIpc) is 2.87. The molecule has 0 spiro atoms. The maximum absolute atomic E-state index is 13.1. The number of carbonyl (C=O) groups excluding carboxylic acids is 1. The second-order valence-electron chi connectivity index (χ2n) is 8.56. The van der Waals surface area contributed by atoms with Crippen LogP contribution in [0, 0.1) is 0 Å². The maximum Gasteiger partial charge on any atom is 0.312 e. The van der Waals surface area contributed by atoms with Gasteiger partial charge in [-0.1, -0.05) is 12.1 Å². The number of aromatic nitrogens is 1. The summed E-state index contributed by atoms with van der Waals surface area (Å²) in [7, 11) is 1.43. The number of pyridine rings is 1. The lowest BCUT2D eigenvalue weighted by atomic mass is 9.84. The molecule has 3 aromatic carbocycles. The van der Waals surface area contributed by atoms with Gasteiger partial charge in [-0.05, 0) is 42.0 Å². The van der Waals surface area contributed by atoms with Gasteiger partial charge in [-0.15, -0.1) is 0 Å². The minimum atomic E-state index is -0.489. The Kier molecular flexibility index (Phi) is 4.89. The van der Waals surface area contributed by atoms with Gasteiger partial charge in [0.25, 0.3) is 0 Å². The third-order valence-electron chi connectivity index (χ3n) is 6.42. The Morgan fingerprint density at radius 2 is 1.86 bits per heavy atom. The molecule has 0 fully saturated rings. The van der Waals surface area contributed by atoms with Crippen LogP contribution in [0.5, 0.6) is 23.0 Å². The molecule has 3 heterocycles. The molecule has 8 heteroatoms. The van der Waals surface area contributed by atoms with E-state index in [1.54, 1.807) is 18.3 Å². The van der Waals surface area contributed by atoms with Crippen molar-refractivity contribution in [2.24, 2.45) is 0 Å². The van der Waals surface area contributed by atoms with Gasteiger partial charge in [0.2, 0.25) is 0 Å². The number of aromatic hydroxyl groups is 2. The Labute approximate surface area is 204 Å². The molecule has 2 aromatic heterocycles. The Morgan fingerprint density at radius 1 is 1.00 bits per heavy atom. The molecule has 0 saturated heterocycles. The molecule has 1 aliphatic heterocycles. The Bertz CT molecular complexity index is 1760. The third kappa shape index (κ3) is 3.42. The van der Waals surface area contributed by atoms with E-state index >= 15 is 0 Å². The van der Waals surface area contributed by atoms with Crippen LogP contribution in [0.1, 0.15) is 23.5 Å². The molecule has 5 aromatic rings. The zero-order chi connectivity index (χ0) is 25.0. The van der Waals surface area contributed by atoms with E-state index in [1.165, 1.54) is 25.3 Å². The van der Waals surface area contributed by atoms with Crippen LogP contribution in [0.3, 0.4) is 0 Å². The van der Waals surface area contributed by atoms with E-state index in [2.05, 4.69) is 4.98 Å². The van der Waals surface area contributed by atoms with E-state index in [0.29, 0.717) is 11.1 Å². The van der Waals surface area contributed by atoms with Crippen LogP contribution in [0.4, 0.5) is 0 Å². The van der Waals surface area contributed by atoms with E-state index < -0.39 is 17.3 Å². The molecule has 0 aliphatic carbocycles. The van der Waals surface area contributed by atoms with Crippen molar-refractivity contribution in [3.8, 4) is 34.3 Å². The number of fused-ring (bicyclic) bond motifs is 4. The van der Waals surface area contributed by atoms with E-state index in [4.69, 9.17) is 13.9 Å². The Balaban J connectivity index is 1.61. The standard InChI is InChI=1S/C28H19NO7/c1-34-22-7-5-16(10-19(22)30)23-12-20(31)27-21(32)13-24-26(28(27)36-23)17(11-25(33)35-24)14-4-6-18-15(9-14)3-2-8-29-18/h2-10,12-13,17,30,32H,11H2,1H3/t17-/m1/s1. The highest BCUT2D eigenvalue weighted by molar-refractivity contribution is 5.93. The zero-order valence-electron chi connectivity index (χ0n) is 19.0. The number of hydrogen-bond donors (Lipinski definition) is 2. The lowest BCUT2D eigenvalue weighted by Crippen LogP contribution is -2.22. The van der Waals surface area contributed by atoms with Crippen molar-refractivity contribution in [2.75, 3.05) is 7.11 Å². The van der Waals surface area contributed by atoms with E-state index in [-0.39, 0.29) is 46.1 Å². The molecular weight excluding hydrogens is 462 g/mol. The summed E-state index contributed by atoms with van der Waals surface area (Å²) in [6.07, 6.45) is 1.73. The number of benzene rings is 3. The van der Waals surface area contributed by atoms with Gasteiger partial charge in [0, 0.05) is 40.8 Å². The van der Waals surface area contributed by atoms with Crippen molar-refractivity contribution in [2.45, 2.75) is 12.3 Å². The monoisotopic (exact) mass is 481 g/mol. The molecule has 2 N–H and O–H groups in total. The summed E-state index contributed by atoms with van der Waals surface area (Å²) >= 11 is 0. The van der Waals surface area contributed by atoms with E-state index in [0.717, 1.165) is 16.5 Å². The lowest BCUT2D eigenvalue weighted by molar-refractivity contribution is -0.135. The first-order valence-corrected chi connectivity index (χ1v) is 11.2. The average molecular weight is 481 g/mol. The Hall–Kier alpha value is -4.85. The first-order chi connectivity index (χ1) is 17.4. The van der Waals surface area contributed by atoms with Crippen molar-refractivity contribution in [1.82, 2.24) is 4.98 Å². The molecule has 0 saturated carbocycles. The molecule has 36 heavy (non-hydrogen) atoms. The number of esters is 1. The van der Waals surface area contributed by atoms with Crippen LogP contribution in [0.25, 0.3) is 33.2 Å². The molecule has 1 aliphatic rings. The van der Waals surface area contributed by atoms with Crippen molar-refractivity contribution in [1.29, 1.82) is 0 Å². The number of methoxy groups -OCH3 is 1. The quantitative estimate of drug-likeness (QED) is 0.277. The summed E-state index contributed by atoms with van der Waals surface area (Å²) < 4.78 is 16.8. The molecule has 0 bridgehead atoms. The molecule has 1 atom stereocenters. The summed E-state index contributed by atoms with van der Waals surface area (Å²) in [5.41, 5.74) is 2.19. The number of phenols is 2. The van der Waals surface area contributed by atoms with Gasteiger partial charge in [-0.2, -0.15) is 0 Å². The van der Waals surface area contributed by atoms with Gasteiger partial charge in [0.15, 0.2) is 16.9 Å². The van der Waals surface area contributed by atoms with Gasteiger partial charge >= 0.3 is 5.97 Å². The van der Waals surface area contributed by atoms with Crippen LogP contribution in [0.15, 0.2) is 76.1 Å². The normalized spacial score (nSPS) is 15.0. The smallest absolute Gasteiger partial charge is 0.312 e. The van der Waals surface area contributed by atoms with Crippen LogP contribution in [-0.2, 0) is 4.79 Å². The summed E-state index contributed by atoms with van der Waals surface area (Å²) in [4.78, 5) is 30.0. The first kappa shape index (κ1) is 21.7. The lowest BCUT2D eigenvalue weighted by Gasteiger charge is -2.26. The molecule has 0 unspecified atom stereocenters. The second-order valence-corrected chi connectivity index (χ2v) is 8.56. The van der Waals surface area contributed by atoms with Crippen LogP contribution in [-0.4, -0.2) is 28.3 Å². The van der Waals surface area contributed by atoms with Gasteiger partial charge < -0.3 is 24.1 Å². The van der Waals surface area contributed by atoms with Crippen molar-refractivity contribution in [3.63, 3.8) is 0 Å². The summed E-state index contributed by atoms with van der Waals surface area (Å²) in [6, 6.07) is 16.6. The molecule has 0 amide bonds. The summed E-state index contributed by atoms with van der Waals surface area (Å²) in [5.74, 6) is -0.838. The maximum atomic E-state index is 13.1. The van der Waals surface area contributed by atoms with Crippen molar-refractivity contribution in [3.05, 3.63) is 88.2 Å². The minimum Gasteiger partial charge on any atom is -0.507 e. The van der Waals surface area contributed by atoms with Crippen molar-refractivity contribution < 1.29 is 28.9 Å². The van der Waals surface area contributed by atoms with Gasteiger partial charge in [0.1, 0.15) is 28.2 Å². The molecular formula is C28H19NO7. The van der Waals surface area contributed by atoms with Gasteiger partial charge in [0.05, 0.1) is 19.0 Å². The van der Waals surface area contributed by atoms with E-state index in [9.17, 15) is 19.8 Å².